The van der Waals surface area contributed by atoms with Crippen molar-refractivity contribution in [3.8, 4) is 0 Å². The van der Waals surface area contributed by atoms with E-state index in [4.69, 9.17) is 0 Å². The smallest absolute Gasteiger partial charge is 0.0219 e. The summed E-state index contributed by atoms with van der Waals surface area (Å²) in [4.78, 5) is 0. The van der Waals surface area contributed by atoms with Gasteiger partial charge in [-0.2, -0.15) is 0 Å². The van der Waals surface area contributed by atoms with Crippen molar-refractivity contribution in [1.82, 2.24) is 0 Å². The third-order valence-corrected chi connectivity index (χ3v) is 2.57. The topological polar surface area (TPSA) is 0 Å². The molecule has 0 N–H and O–H groups in total. The Morgan fingerprint density at radius 3 is 1.64 bits per heavy atom. The van der Waals surface area contributed by atoms with Crippen molar-refractivity contribution < 1.29 is 0 Å². The van der Waals surface area contributed by atoms with Gasteiger partial charge in [0.25, 0.3) is 0 Å². The van der Waals surface area contributed by atoms with Gasteiger partial charge in [-0.15, -0.1) is 0 Å². The molecule has 76 valence electrons. The Morgan fingerprint density at radius 1 is 0.929 bits per heavy atom. The highest BCUT2D eigenvalue weighted by atomic mass is 14.1. The highest BCUT2D eigenvalue weighted by molar-refractivity contribution is 5.51. The van der Waals surface area contributed by atoms with Crippen LogP contribution in [0.5, 0.6) is 0 Å². The van der Waals surface area contributed by atoms with Gasteiger partial charge in [0, 0.05) is 0 Å². The van der Waals surface area contributed by atoms with Crippen molar-refractivity contribution in [2.45, 2.75) is 39.5 Å². The summed E-state index contributed by atoms with van der Waals surface area (Å²) in [5, 5.41) is 0. The minimum Gasteiger partial charge on any atom is -0.0985 e. The highest BCUT2D eigenvalue weighted by Gasteiger charge is 2.05. The van der Waals surface area contributed by atoms with Crippen LogP contribution < -0.4 is 0 Å². The number of rotatable bonds is 3. The van der Waals surface area contributed by atoms with Crippen LogP contribution in [0.4, 0.5) is 0 Å². The van der Waals surface area contributed by atoms with Gasteiger partial charge in [0.2, 0.25) is 0 Å². The minimum absolute atomic E-state index is 0.590. The Balaban J connectivity index is 3.20. The summed E-state index contributed by atoms with van der Waals surface area (Å²) < 4.78 is 0. The molecule has 0 heteroatoms. The Labute approximate surface area is 87.7 Å². The summed E-state index contributed by atoms with van der Waals surface area (Å²) in [5.41, 5.74) is 4.05. The van der Waals surface area contributed by atoms with Crippen molar-refractivity contribution in [3.63, 3.8) is 0 Å². The molecule has 0 atom stereocenters. The molecule has 0 nitrogen and oxygen atoms in total. The largest absolute Gasteiger partial charge is 0.0985 e. The molecule has 0 aliphatic rings. The zero-order valence-electron chi connectivity index (χ0n) is 9.67. The van der Waals surface area contributed by atoms with E-state index in [1.54, 1.807) is 0 Å². The highest BCUT2D eigenvalue weighted by Crippen LogP contribution is 2.23. The molecule has 14 heavy (non-hydrogen) atoms. The average Bonchev–Trinajstić information content (AvgIpc) is 2.16. The quantitative estimate of drug-likeness (QED) is 0.651. The molecular weight excluding hydrogens is 168 g/mol. The van der Waals surface area contributed by atoms with E-state index in [0.717, 1.165) is 0 Å². The first-order chi connectivity index (χ1) is 6.54. The van der Waals surface area contributed by atoms with Crippen molar-refractivity contribution in [2.75, 3.05) is 0 Å². The first-order valence-electron chi connectivity index (χ1n) is 5.32. The van der Waals surface area contributed by atoms with E-state index >= 15 is 0 Å². The zero-order valence-corrected chi connectivity index (χ0v) is 9.67. The van der Waals surface area contributed by atoms with Gasteiger partial charge < -0.3 is 0 Å². The summed E-state index contributed by atoms with van der Waals surface area (Å²) in [6.45, 7) is 12.7. The lowest BCUT2D eigenvalue weighted by Gasteiger charge is -2.12. The van der Waals surface area contributed by atoms with Crippen molar-refractivity contribution >= 4 is 6.08 Å². The molecule has 0 unspecified atom stereocenters. The summed E-state index contributed by atoms with van der Waals surface area (Å²) in [6.07, 6.45) is 1.93. The first kappa shape index (κ1) is 11.0. The van der Waals surface area contributed by atoms with Crippen LogP contribution in [0.3, 0.4) is 0 Å². The van der Waals surface area contributed by atoms with Crippen molar-refractivity contribution in [1.29, 1.82) is 0 Å². The van der Waals surface area contributed by atoms with Crippen LogP contribution in [0.1, 0.15) is 56.2 Å². The predicted octanol–water partition coefficient (Wildman–Crippen LogP) is 4.58. The van der Waals surface area contributed by atoms with Crippen LogP contribution in [0.15, 0.2) is 24.8 Å². The van der Waals surface area contributed by atoms with E-state index in [1.807, 2.05) is 6.08 Å². The fourth-order valence-corrected chi connectivity index (χ4v) is 1.49. The second-order valence-corrected chi connectivity index (χ2v) is 4.45. The van der Waals surface area contributed by atoms with Gasteiger partial charge in [0.05, 0.1) is 0 Å². The Kier molecular flexibility index (Phi) is 3.51. The van der Waals surface area contributed by atoms with Gasteiger partial charge in [-0.1, -0.05) is 58.5 Å². The maximum Gasteiger partial charge on any atom is -0.0219 e. The van der Waals surface area contributed by atoms with Gasteiger partial charge in [-0.3, -0.25) is 0 Å². The third-order valence-electron chi connectivity index (χ3n) is 2.57. The van der Waals surface area contributed by atoms with E-state index in [0.29, 0.717) is 11.8 Å². The lowest BCUT2D eigenvalue weighted by atomic mass is 9.93. The van der Waals surface area contributed by atoms with Gasteiger partial charge in [-0.25, -0.2) is 0 Å². The molecule has 0 saturated heterocycles. The molecule has 0 amide bonds. The van der Waals surface area contributed by atoms with Crippen LogP contribution in [0.25, 0.3) is 6.08 Å². The summed E-state index contributed by atoms with van der Waals surface area (Å²) in [5.74, 6) is 1.18. The summed E-state index contributed by atoms with van der Waals surface area (Å²) in [7, 11) is 0. The lowest BCUT2D eigenvalue weighted by molar-refractivity contribution is 0.833. The molecule has 0 bridgehead atoms. The first-order valence-corrected chi connectivity index (χ1v) is 5.32. The maximum absolute atomic E-state index is 3.83. The SMILES string of the molecule is C=Cc1cc(C(C)C)cc(C(C)C)c1. The molecule has 0 spiro atoms. The fourth-order valence-electron chi connectivity index (χ4n) is 1.49. The second kappa shape index (κ2) is 4.45. The molecular formula is C14H20. The van der Waals surface area contributed by atoms with Crippen LogP contribution in [-0.4, -0.2) is 0 Å². The van der Waals surface area contributed by atoms with Crippen molar-refractivity contribution in [2.24, 2.45) is 0 Å². The lowest BCUT2D eigenvalue weighted by Crippen LogP contribution is -1.94. The standard InChI is InChI=1S/C14H20/c1-6-12-7-13(10(2)3)9-14(8-12)11(4)5/h6-11H,1H2,2-5H3. The Morgan fingerprint density at radius 2 is 1.36 bits per heavy atom. The van der Waals surface area contributed by atoms with Gasteiger partial charge in [0.15, 0.2) is 0 Å². The van der Waals surface area contributed by atoms with Crippen LogP contribution in [0, 0.1) is 0 Å². The van der Waals surface area contributed by atoms with Crippen LogP contribution in [0.2, 0.25) is 0 Å². The van der Waals surface area contributed by atoms with Gasteiger partial charge >= 0.3 is 0 Å². The fraction of sp³-hybridized carbons (Fsp3) is 0.429. The summed E-state index contributed by atoms with van der Waals surface area (Å²) in [6, 6.07) is 6.76. The van der Waals surface area contributed by atoms with E-state index in [9.17, 15) is 0 Å². The summed E-state index contributed by atoms with van der Waals surface area (Å²) >= 11 is 0. The molecule has 0 radical (unpaired) electrons. The Hall–Kier alpha value is -1.04. The molecule has 0 fully saturated rings. The number of benzene rings is 1. The van der Waals surface area contributed by atoms with Crippen molar-refractivity contribution in [3.05, 3.63) is 41.5 Å². The van der Waals surface area contributed by atoms with E-state index in [-0.39, 0.29) is 0 Å². The normalized spacial score (nSPS) is 11.0. The van der Waals surface area contributed by atoms with E-state index in [1.165, 1.54) is 16.7 Å². The Bertz CT molecular complexity index is 293. The average molecular weight is 188 g/mol. The van der Waals surface area contributed by atoms with Crippen LogP contribution >= 0.6 is 0 Å². The van der Waals surface area contributed by atoms with E-state index < -0.39 is 0 Å². The molecule has 1 rings (SSSR count). The molecule has 0 aliphatic carbocycles. The number of hydrogen-bond donors (Lipinski definition) is 0. The predicted molar refractivity (Wildman–Crippen MR) is 64.7 cm³/mol. The third kappa shape index (κ3) is 2.47. The molecule has 0 heterocycles. The van der Waals surface area contributed by atoms with Gasteiger partial charge in [0.1, 0.15) is 0 Å². The molecule has 0 saturated carbocycles. The molecule has 0 aliphatic heterocycles. The molecule has 1 aromatic rings. The monoisotopic (exact) mass is 188 g/mol. The van der Waals surface area contributed by atoms with Crippen LogP contribution in [-0.2, 0) is 0 Å². The van der Waals surface area contributed by atoms with Gasteiger partial charge in [-0.05, 0) is 28.5 Å². The zero-order chi connectivity index (χ0) is 10.7. The minimum atomic E-state index is 0.590. The molecule has 1 aromatic carbocycles. The molecule has 0 aromatic heterocycles. The van der Waals surface area contributed by atoms with E-state index in [2.05, 4.69) is 52.5 Å². The second-order valence-electron chi connectivity index (χ2n) is 4.45. The maximum atomic E-state index is 3.83. The number of hydrogen-bond acceptors (Lipinski definition) is 0.